The van der Waals surface area contributed by atoms with Gasteiger partial charge in [0, 0.05) is 10.6 Å². The second-order valence-electron chi connectivity index (χ2n) is 6.42. The zero-order valence-electron chi connectivity index (χ0n) is 16.0. The Bertz CT molecular complexity index is 824. The highest BCUT2D eigenvalue weighted by molar-refractivity contribution is 7.09. The maximum Gasteiger partial charge on any atom is 0.355 e. The summed E-state index contributed by atoms with van der Waals surface area (Å²) >= 11 is 1.53. The molecule has 1 atom stereocenters. The minimum atomic E-state index is -0.966. The van der Waals surface area contributed by atoms with Crippen molar-refractivity contribution in [2.45, 2.75) is 53.4 Å². The van der Waals surface area contributed by atoms with E-state index in [1.807, 2.05) is 17.5 Å². The number of hydrogen-bond acceptors (Lipinski definition) is 6. The Morgan fingerprint density at radius 1 is 1.15 bits per heavy atom. The predicted molar refractivity (Wildman–Crippen MR) is 102 cm³/mol. The fraction of sp³-hybridized carbons (Fsp3) is 0.421. The molecule has 2 heterocycles. The Morgan fingerprint density at radius 3 is 2.44 bits per heavy atom. The third-order valence-corrected chi connectivity index (χ3v) is 4.73. The molecule has 0 saturated heterocycles. The lowest BCUT2D eigenvalue weighted by atomic mass is 10.1. The molecule has 0 radical (unpaired) electrons. The zero-order chi connectivity index (χ0) is 20.1. The van der Waals surface area contributed by atoms with Gasteiger partial charge in [-0.1, -0.05) is 6.07 Å². The van der Waals surface area contributed by atoms with Gasteiger partial charge in [-0.05, 0) is 51.6 Å². The van der Waals surface area contributed by atoms with Crippen LogP contribution in [0.2, 0.25) is 0 Å². The van der Waals surface area contributed by atoms with E-state index in [-0.39, 0.29) is 11.8 Å². The monoisotopic (exact) mass is 392 g/mol. The van der Waals surface area contributed by atoms with Gasteiger partial charge < -0.3 is 19.8 Å². The van der Waals surface area contributed by atoms with Crippen molar-refractivity contribution >= 4 is 29.2 Å². The van der Waals surface area contributed by atoms with Crippen molar-refractivity contribution in [3.05, 3.63) is 44.9 Å². The number of carbonyl (C=O) groups is 3. The lowest BCUT2D eigenvalue weighted by Crippen LogP contribution is -2.35. The minimum absolute atomic E-state index is 0.140. The van der Waals surface area contributed by atoms with Gasteiger partial charge in [0.25, 0.3) is 5.91 Å². The van der Waals surface area contributed by atoms with Gasteiger partial charge in [-0.25, -0.2) is 9.59 Å². The quantitative estimate of drug-likeness (QED) is 0.706. The molecule has 0 saturated carbocycles. The van der Waals surface area contributed by atoms with Crippen molar-refractivity contribution in [2.75, 3.05) is 0 Å². The fourth-order valence-corrected chi connectivity index (χ4v) is 3.18. The number of rotatable bonds is 7. The van der Waals surface area contributed by atoms with E-state index in [1.54, 1.807) is 27.7 Å². The molecule has 0 unspecified atom stereocenters. The first-order valence-corrected chi connectivity index (χ1v) is 9.49. The molecule has 0 bridgehead atoms. The fourth-order valence-electron chi connectivity index (χ4n) is 2.54. The van der Waals surface area contributed by atoms with Gasteiger partial charge in [0.1, 0.15) is 5.69 Å². The van der Waals surface area contributed by atoms with E-state index in [0.717, 1.165) is 4.88 Å². The first kappa shape index (κ1) is 20.7. The zero-order valence-corrected chi connectivity index (χ0v) is 16.9. The van der Waals surface area contributed by atoms with Crippen molar-refractivity contribution in [2.24, 2.45) is 0 Å². The highest BCUT2D eigenvalue weighted by atomic mass is 32.1. The maximum atomic E-state index is 12.4. The standard InChI is InChI=1S/C19H24N2O5S/c1-10(2)25-18(23)15-11(3)16(21-12(15)4)19(24)26-13(5)17(22)20-9-14-7-6-8-27-14/h6-8,10,13,21H,9H2,1-5H3,(H,20,22)/t13-/m0/s1. The van der Waals surface area contributed by atoms with Gasteiger partial charge in [0.15, 0.2) is 6.10 Å². The summed E-state index contributed by atoms with van der Waals surface area (Å²) < 4.78 is 10.5. The largest absolute Gasteiger partial charge is 0.459 e. The van der Waals surface area contributed by atoms with E-state index in [2.05, 4.69) is 10.3 Å². The van der Waals surface area contributed by atoms with Gasteiger partial charge in [-0.2, -0.15) is 0 Å². The van der Waals surface area contributed by atoms with Crippen LogP contribution in [0.4, 0.5) is 0 Å². The number of ether oxygens (including phenoxy) is 2. The van der Waals surface area contributed by atoms with Crippen LogP contribution in [0.15, 0.2) is 17.5 Å². The summed E-state index contributed by atoms with van der Waals surface area (Å²) in [5, 5.41) is 4.64. The third-order valence-electron chi connectivity index (χ3n) is 3.86. The Hall–Kier alpha value is -2.61. The Balaban J connectivity index is 2.02. The summed E-state index contributed by atoms with van der Waals surface area (Å²) in [5.74, 6) is -1.59. The molecule has 0 spiro atoms. The number of esters is 2. The molecular weight excluding hydrogens is 368 g/mol. The minimum Gasteiger partial charge on any atom is -0.459 e. The Morgan fingerprint density at radius 2 is 1.85 bits per heavy atom. The van der Waals surface area contributed by atoms with Crippen LogP contribution in [-0.4, -0.2) is 35.0 Å². The normalized spacial score (nSPS) is 11.9. The molecular formula is C19H24N2O5S. The lowest BCUT2D eigenvalue weighted by Gasteiger charge is -2.13. The van der Waals surface area contributed by atoms with Crippen molar-refractivity contribution in [1.29, 1.82) is 0 Å². The van der Waals surface area contributed by atoms with Crippen LogP contribution in [0.3, 0.4) is 0 Å². The highest BCUT2D eigenvalue weighted by Gasteiger charge is 2.26. The van der Waals surface area contributed by atoms with Crippen LogP contribution in [0.1, 0.15) is 57.8 Å². The summed E-state index contributed by atoms with van der Waals surface area (Å²) in [6.45, 7) is 8.70. The molecule has 0 aliphatic rings. The van der Waals surface area contributed by atoms with E-state index < -0.39 is 23.9 Å². The van der Waals surface area contributed by atoms with Crippen molar-refractivity contribution in [3.63, 3.8) is 0 Å². The molecule has 2 aromatic heterocycles. The van der Waals surface area contributed by atoms with Crippen molar-refractivity contribution < 1.29 is 23.9 Å². The molecule has 0 aromatic carbocycles. The van der Waals surface area contributed by atoms with Gasteiger partial charge in [0.2, 0.25) is 0 Å². The number of hydrogen-bond donors (Lipinski definition) is 2. The number of aromatic nitrogens is 1. The van der Waals surface area contributed by atoms with Crippen LogP contribution >= 0.6 is 11.3 Å². The Labute approximate surface area is 162 Å². The molecule has 1 amide bonds. The highest BCUT2D eigenvalue weighted by Crippen LogP contribution is 2.21. The molecule has 2 rings (SSSR count). The van der Waals surface area contributed by atoms with Crippen LogP contribution in [0, 0.1) is 13.8 Å². The first-order chi connectivity index (χ1) is 12.7. The number of nitrogens with one attached hydrogen (secondary N) is 2. The molecule has 0 fully saturated rings. The summed E-state index contributed by atoms with van der Waals surface area (Å²) in [6, 6.07) is 3.80. The van der Waals surface area contributed by atoms with Gasteiger partial charge in [-0.3, -0.25) is 4.79 Å². The van der Waals surface area contributed by atoms with E-state index in [9.17, 15) is 14.4 Å². The summed E-state index contributed by atoms with van der Waals surface area (Å²) in [4.78, 5) is 40.6. The summed E-state index contributed by atoms with van der Waals surface area (Å²) in [7, 11) is 0. The predicted octanol–water partition coefficient (Wildman–Crippen LogP) is 3.12. The topological polar surface area (TPSA) is 97.5 Å². The number of H-pyrrole nitrogens is 1. The molecule has 7 nitrogen and oxygen atoms in total. The first-order valence-electron chi connectivity index (χ1n) is 8.62. The van der Waals surface area contributed by atoms with E-state index in [4.69, 9.17) is 9.47 Å². The molecule has 0 aliphatic heterocycles. The number of amides is 1. The lowest BCUT2D eigenvalue weighted by molar-refractivity contribution is -0.129. The molecule has 27 heavy (non-hydrogen) atoms. The SMILES string of the molecule is Cc1[nH]c(C(=O)O[C@@H](C)C(=O)NCc2cccs2)c(C)c1C(=O)OC(C)C. The summed E-state index contributed by atoms with van der Waals surface area (Å²) in [5.41, 5.74) is 1.40. The molecule has 2 N–H and O–H groups in total. The van der Waals surface area contributed by atoms with Crippen LogP contribution < -0.4 is 5.32 Å². The number of thiophene rings is 1. The average molecular weight is 392 g/mol. The number of aromatic amines is 1. The second-order valence-corrected chi connectivity index (χ2v) is 7.46. The summed E-state index contributed by atoms with van der Waals surface area (Å²) in [6.07, 6.45) is -1.24. The van der Waals surface area contributed by atoms with Gasteiger partial charge in [-0.15, -0.1) is 11.3 Å². The van der Waals surface area contributed by atoms with Crippen molar-refractivity contribution in [1.82, 2.24) is 10.3 Å². The number of carbonyl (C=O) groups excluding carboxylic acids is 3. The average Bonchev–Trinajstić information content (AvgIpc) is 3.19. The van der Waals surface area contributed by atoms with Gasteiger partial charge >= 0.3 is 11.9 Å². The van der Waals surface area contributed by atoms with Gasteiger partial charge in [0.05, 0.1) is 18.2 Å². The van der Waals surface area contributed by atoms with Crippen LogP contribution in [0.5, 0.6) is 0 Å². The molecule has 146 valence electrons. The van der Waals surface area contributed by atoms with E-state index in [0.29, 0.717) is 23.4 Å². The number of aryl methyl sites for hydroxylation is 1. The van der Waals surface area contributed by atoms with Crippen molar-refractivity contribution in [3.8, 4) is 0 Å². The molecule has 0 aliphatic carbocycles. The van der Waals surface area contributed by atoms with E-state index in [1.165, 1.54) is 18.3 Å². The molecule has 2 aromatic rings. The third kappa shape index (κ3) is 5.19. The van der Waals surface area contributed by atoms with Crippen LogP contribution in [-0.2, 0) is 20.8 Å². The molecule has 8 heteroatoms. The smallest absolute Gasteiger partial charge is 0.355 e. The second kappa shape index (κ2) is 8.85. The maximum absolute atomic E-state index is 12.4. The van der Waals surface area contributed by atoms with Crippen LogP contribution in [0.25, 0.3) is 0 Å². The Kier molecular flexibility index (Phi) is 6.79. The van der Waals surface area contributed by atoms with E-state index >= 15 is 0 Å².